The number of sulfonamides is 1. The molecule has 0 bridgehead atoms. The summed E-state index contributed by atoms with van der Waals surface area (Å²) in [7, 11) is -3.69. The summed E-state index contributed by atoms with van der Waals surface area (Å²) >= 11 is 0. The predicted molar refractivity (Wildman–Crippen MR) is 131 cm³/mol. The number of aryl methyl sites for hydroxylation is 1. The number of para-hydroxylation sites is 1. The molecule has 0 saturated carbocycles. The number of nitrogens with zero attached hydrogens (tertiary/aromatic N) is 2. The summed E-state index contributed by atoms with van der Waals surface area (Å²) < 4.78 is 31.4. The minimum absolute atomic E-state index is 0.359. The molecule has 0 unspecified atom stereocenters. The lowest BCUT2D eigenvalue weighted by molar-refractivity contribution is -0.119. The van der Waals surface area contributed by atoms with Crippen molar-refractivity contribution in [2.45, 2.75) is 19.8 Å². The van der Waals surface area contributed by atoms with Crippen LogP contribution in [0.3, 0.4) is 0 Å². The molecule has 0 aliphatic rings. The van der Waals surface area contributed by atoms with E-state index < -0.39 is 15.9 Å². The number of anilines is 1. The number of nitrogens with one attached hydrogen (secondary N) is 1. The average Bonchev–Trinajstić information content (AvgIpc) is 2.81. The summed E-state index contributed by atoms with van der Waals surface area (Å²) in [6.45, 7) is 1.44. The molecule has 0 saturated heterocycles. The van der Waals surface area contributed by atoms with Crippen LogP contribution in [0.4, 0.5) is 5.69 Å². The summed E-state index contributed by atoms with van der Waals surface area (Å²) in [6, 6.07) is 25.7. The van der Waals surface area contributed by atoms with Crippen LogP contribution >= 0.6 is 0 Å². The molecule has 33 heavy (non-hydrogen) atoms. The van der Waals surface area contributed by atoms with Crippen LogP contribution in [-0.2, 0) is 21.2 Å². The first-order valence-electron chi connectivity index (χ1n) is 10.5. The molecule has 3 aromatic carbocycles. The van der Waals surface area contributed by atoms with Crippen molar-refractivity contribution in [2.24, 2.45) is 5.10 Å². The fourth-order valence-electron chi connectivity index (χ4n) is 3.05. The molecular formula is C25H27N3O4S. The third-order valence-electron chi connectivity index (χ3n) is 4.78. The van der Waals surface area contributed by atoms with Crippen LogP contribution in [0.1, 0.15) is 18.9 Å². The molecule has 0 heterocycles. The van der Waals surface area contributed by atoms with Crippen LogP contribution < -0.4 is 14.5 Å². The van der Waals surface area contributed by atoms with Crippen LogP contribution in [0.2, 0.25) is 0 Å². The van der Waals surface area contributed by atoms with Crippen LogP contribution in [-0.4, -0.2) is 32.8 Å². The van der Waals surface area contributed by atoms with Gasteiger partial charge in [-0.15, -0.1) is 0 Å². The zero-order valence-corrected chi connectivity index (χ0v) is 19.5. The molecule has 0 aliphatic carbocycles. The SMILES string of the molecule is C/C(CCc1ccccc1)=N/NC(=O)CN(c1ccc(Oc2ccccc2)cc1)S(C)(=O)=O. The molecule has 3 aromatic rings. The van der Waals surface area contributed by atoms with Crippen molar-refractivity contribution < 1.29 is 17.9 Å². The van der Waals surface area contributed by atoms with Crippen molar-refractivity contribution >= 4 is 27.3 Å². The van der Waals surface area contributed by atoms with E-state index in [2.05, 4.69) is 10.5 Å². The number of carbonyl (C=O) groups excluding carboxylic acids is 1. The van der Waals surface area contributed by atoms with Crippen molar-refractivity contribution in [3.8, 4) is 11.5 Å². The number of hydrogen-bond donors (Lipinski definition) is 1. The Morgan fingerprint density at radius 2 is 1.48 bits per heavy atom. The standard InChI is InChI=1S/C25H27N3O4S/c1-20(13-14-21-9-5-3-6-10-21)26-27-25(29)19-28(33(2,30)31)22-15-17-24(18-16-22)32-23-11-7-4-8-12-23/h3-12,15-18H,13-14,19H2,1-2H3,(H,27,29)/b26-20-. The molecule has 0 radical (unpaired) electrons. The monoisotopic (exact) mass is 465 g/mol. The summed E-state index contributed by atoms with van der Waals surface area (Å²) in [5.74, 6) is 0.704. The second-order valence-electron chi connectivity index (χ2n) is 7.55. The Balaban J connectivity index is 1.60. The largest absolute Gasteiger partial charge is 0.457 e. The highest BCUT2D eigenvalue weighted by molar-refractivity contribution is 7.92. The first-order valence-corrected chi connectivity index (χ1v) is 12.3. The number of ether oxygens (including phenoxy) is 1. The van der Waals surface area contributed by atoms with E-state index in [0.717, 1.165) is 22.7 Å². The Kier molecular flexibility index (Phi) is 8.21. The topological polar surface area (TPSA) is 88.1 Å². The van der Waals surface area contributed by atoms with Gasteiger partial charge in [-0.2, -0.15) is 5.10 Å². The minimum Gasteiger partial charge on any atom is -0.457 e. The van der Waals surface area contributed by atoms with Crippen molar-refractivity contribution in [3.63, 3.8) is 0 Å². The van der Waals surface area contributed by atoms with Gasteiger partial charge in [0.1, 0.15) is 18.0 Å². The maximum absolute atomic E-state index is 12.4. The number of hydrazone groups is 1. The summed E-state index contributed by atoms with van der Waals surface area (Å²) in [5.41, 5.74) is 4.74. The molecule has 8 heteroatoms. The molecule has 1 N–H and O–H groups in total. The lowest BCUT2D eigenvalue weighted by Crippen LogP contribution is -2.39. The van der Waals surface area contributed by atoms with Crippen LogP contribution in [0.15, 0.2) is 90.0 Å². The Morgan fingerprint density at radius 1 is 0.909 bits per heavy atom. The summed E-state index contributed by atoms with van der Waals surface area (Å²) in [4.78, 5) is 12.4. The van der Waals surface area contributed by atoms with Crippen molar-refractivity contribution in [1.29, 1.82) is 0 Å². The van der Waals surface area contributed by atoms with E-state index in [4.69, 9.17) is 4.74 Å². The predicted octanol–water partition coefficient (Wildman–Crippen LogP) is 4.37. The maximum atomic E-state index is 12.4. The average molecular weight is 466 g/mol. The van der Waals surface area contributed by atoms with Gasteiger partial charge >= 0.3 is 0 Å². The number of carbonyl (C=O) groups is 1. The number of hydrogen-bond acceptors (Lipinski definition) is 5. The highest BCUT2D eigenvalue weighted by Gasteiger charge is 2.21. The van der Waals surface area contributed by atoms with Crippen molar-refractivity contribution in [3.05, 3.63) is 90.5 Å². The smallest absolute Gasteiger partial charge is 0.260 e. The zero-order chi connectivity index (χ0) is 23.7. The van der Waals surface area contributed by atoms with Gasteiger partial charge in [0.25, 0.3) is 5.91 Å². The number of rotatable bonds is 10. The number of amides is 1. The molecular weight excluding hydrogens is 438 g/mol. The third-order valence-corrected chi connectivity index (χ3v) is 5.92. The van der Waals surface area contributed by atoms with E-state index in [-0.39, 0.29) is 6.54 Å². The van der Waals surface area contributed by atoms with Gasteiger partial charge in [-0.05, 0) is 61.7 Å². The van der Waals surface area contributed by atoms with Gasteiger partial charge in [-0.1, -0.05) is 48.5 Å². The van der Waals surface area contributed by atoms with Crippen LogP contribution in [0.5, 0.6) is 11.5 Å². The van der Waals surface area contributed by atoms with E-state index >= 15 is 0 Å². The Hall–Kier alpha value is -3.65. The van der Waals surface area contributed by atoms with E-state index in [1.54, 1.807) is 24.3 Å². The molecule has 0 spiro atoms. The Labute approximate surface area is 194 Å². The molecule has 3 rings (SSSR count). The van der Waals surface area contributed by atoms with E-state index in [1.165, 1.54) is 5.56 Å². The number of benzene rings is 3. The van der Waals surface area contributed by atoms with Gasteiger partial charge in [0.05, 0.1) is 11.9 Å². The molecule has 1 amide bonds. The normalized spacial score (nSPS) is 11.6. The zero-order valence-electron chi connectivity index (χ0n) is 18.6. The lowest BCUT2D eigenvalue weighted by Gasteiger charge is -2.21. The highest BCUT2D eigenvalue weighted by Crippen LogP contribution is 2.25. The van der Waals surface area contributed by atoms with Crippen LogP contribution in [0.25, 0.3) is 0 Å². The summed E-state index contributed by atoms with van der Waals surface area (Å²) in [5, 5.41) is 4.10. The third kappa shape index (κ3) is 7.76. The minimum atomic E-state index is -3.69. The first-order chi connectivity index (χ1) is 15.8. The maximum Gasteiger partial charge on any atom is 0.260 e. The molecule has 0 aromatic heterocycles. The molecule has 0 atom stereocenters. The van der Waals surface area contributed by atoms with Crippen molar-refractivity contribution in [2.75, 3.05) is 17.1 Å². The first kappa shape index (κ1) is 24.0. The van der Waals surface area contributed by atoms with Crippen LogP contribution in [0, 0.1) is 0 Å². The second kappa shape index (κ2) is 11.3. The quantitative estimate of drug-likeness (QED) is 0.356. The van der Waals surface area contributed by atoms with Gasteiger partial charge in [-0.3, -0.25) is 9.10 Å². The van der Waals surface area contributed by atoms with E-state index in [1.807, 2.05) is 67.6 Å². The lowest BCUT2D eigenvalue weighted by atomic mass is 10.1. The van der Waals surface area contributed by atoms with Gasteiger partial charge in [-0.25, -0.2) is 13.8 Å². The van der Waals surface area contributed by atoms with Crippen molar-refractivity contribution in [1.82, 2.24) is 5.43 Å². The molecule has 172 valence electrons. The van der Waals surface area contributed by atoms with E-state index in [0.29, 0.717) is 23.6 Å². The van der Waals surface area contributed by atoms with Gasteiger partial charge < -0.3 is 4.74 Å². The van der Waals surface area contributed by atoms with E-state index in [9.17, 15) is 13.2 Å². The van der Waals surface area contributed by atoms with Gasteiger partial charge in [0.15, 0.2) is 0 Å². The fourth-order valence-corrected chi connectivity index (χ4v) is 3.91. The molecule has 0 fully saturated rings. The Bertz CT molecular complexity index is 1180. The van der Waals surface area contributed by atoms with Gasteiger partial charge in [0, 0.05) is 5.71 Å². The summed E-state index contributed by atoms with van der Waals surface area (Å²) in [6.07, 6.45) is 2.55. The van der Waals surface area contributed by atoms with Gasteiger partial charge in [0.2, 0.25) is 10.0 Å². The second-order valence-corrected chi connectivity index (χ2v) is 9.45. The fraction of sp³-hybridized carbons (Fsp3) is 0.200. The molecule has 0 aliphatic heterocycles. The molecule has 7 nitrogen and oxygen atoms in total. The Morgan fingerprint density at radius 3 is 2.09 bits per heavy atom. The highest BCUT2D eigenvalue weighted by atomic mass is 32.2.